The second kappa shape index (κ2) is 10.2. The number of halogens is 1. The first-order valence-electron chi connectivity index (χ1n) is 10.0. The van der Waals surface area contributed by atoms with Gasteiger partial charge in [-0.15, -0.1) is 0 Å². The molecule has 162 valence electrons. The Morgan fingerprint density at radius 1 is 0.935 bits per heavy atom. The quantitative estimate of drug-likeness (QED) is 0.543. The van der Waals surface area contributed by atoms with E-state index in [4.69, 9.17) is 0 Å². The number of benzene rings is 3. The molecule has 1 unspecified atom stereocenters. The van der Waals surface area contributed by atoms with Gasteiger partial charge in [-0.2, -0.15) is 0 Å². The molecule has 3 aromatic rings. The first-order valence-corrected chi connectivity index (χ1v) is 11.5. The van der Waals surface area contributed by atoms with Gasteiger partial charge in [0.15, 0.2) is 0 Å². The third kappa shape index (κ3) is 6.15. The molecule has 1 N–H and O–H groups in total. The smallest absolute Gasteiger partial charge is 0.264 e. The van der Waals surface area contributed by atoms with Gasteiger partial charge in [0.05, 0.1) is 10.6 Å². The van der Waals surface area contributed by atoms with Crippen LogP contribution in [0.25, 0.3) is 0 Å². The van der Waals surface area contributed by atoms with Gasteiger partial charge >= 0.3 is 0 Å². The van der Waals surface area contributed by atoms with Gasteiger partial charge in [0, 0.05) is 6.04 Å². The van der Waals surface area contributed by atoms with E-state index in [1.807, 2.05) is 37.3 Å². The van der Waals surface area contributed by atoms with E-state index < -0.39 is 21.7 Å². The third-order valence-electron chi connectivity index (χ3n) is 4.85. The lowest BCUT2D eigenvalue weighted by Gasteiger charge is -2.25. The molecule has 31 heavy (non-hydrogen) atoms. The Labute approximate surface area is 182 Å². The second-order valence-electron chi connectivity index (χ2n) is 7.29. The van der Waals surface area contributed by atoms with Crippen molar-refractivity contribution in [2.45, 2.75) is 30.7 Å². The average molecular weight is 441 g/mol. The zero-order valence-corrected chi connectivity index (χ0v) is 18.1. The summed E-state index contributed by atoms with van der Waals surface area (Å²) in [5, 5.41) is 2.88. The largest absolute Gasteiger partial charge is 0.352 e. The normalized spacial score (nSPS) is 12.2. The summed E-state index contributed by atoms with van der Waals surface area (Å²) in [6.07, 6.45) is 1.53. The summed E-state index contributed by atoms with van der Waals surface area (Å²) in [4.78, 5) is 12.6. The molecule has 1 amide bonds. The predicted molar refractivity (Wildman–Crippen MR) is 120 cm³/mol. The van der Waals surface area contributed by atoms with E-state index in [0.29, 0.717) is 5.69 Å². The van der Waals surface area contributed by atoms with E-state index in [0.717, 1.165) is 29.3 Å². The monoisotopic (exact) mass is 440 g/mol. The highest BCUT2D eigenvalue weighted by Crippen LogP contribution is 2.23. The Morgan fingerprint density at radius 3 is 2.13 bits per heavy atom. The van der Waals surface area contributed by atoms with Crippen molar-refractivity contribution >= 4 is 21.6 Å². The Kier molecular flexibility index (Phi) is 7.41. The highest BCUT2D eigenvalue weighted by molar-refractivity contribution is 7.92. The maximum Gasteiger partial charge on any atom is 0.264 e. The fourth-order valence-electron chi connectivity index (χ4n) is 3.19. The summed E-state index contributed by atoms with van der Waals surface area (Å²) in [7, 11) is -4.05. The van der Waals surface area contributed by atoms with E-state index in [2.05, 4.69) is 5.32 Å². The molecule has 0 saturated carbocycles. The number of rotatable bonds is 9. The van der Waals surface area contributed by atoms with Crippen molar-refractivity contribution in [3.8, 4) is 0 Å². The fraction of sp³-hybridized carbons (Fsp3) is 0.208. The molecule has 0 aliphatic rings. The second-order valence-corrected chi connectivity index (χ2v) is 9.16. The van der Waals surface area contributed by atoms with Gasteiger partial charge in [-0.05, 0) is 61.7 Å². The summed E-state index contributed by atoms with van der Waals surface area (Å²) in [6.45, 7) is 1.52. The molecule has 3 aromatic carbocycles. The van der Waals surface area contributed by atoms with Crippen LogP contribution in [0.1, 0.15) is 18.9 Å². The molecule has 0 spiro atoms. The Balaban J connectivity index is 1.73. The molecule has 0 saturated heterocycles. The minimum Gasteiger partial charge on any atom is -0.352 e. The van der Waals surface area contributed by atoms with Crippen molar-refractivity contribution in [3.05, 3.63) is 96.3 Å². The number of para-hydroxylation sites is 1. The van der Waals surface area contributed by atoms with Crippen LogP contribution in [-0.2, 0) is 21.2 Å². The zero-order chi connectivity index (χ0) is 22.3. The van der Waals surface area contributed by atoms with Crippen molar-refractivity contribution in [2.75, 3.05) is 10.8 Å². The van der Waals surface area contributed by atoms with E-state index in [-0.39, 0.29) is 17.5 Å². The van der Waals surface area contributed by atoms with Crippen LogP contribution in [0.15, 0.2) is 89.8 Å². The van der Waals surface area contributed by atoms with Crippen LogP contribution in [0.2, 0.25) is 0 Å². The predicted octanol–water partition coefficient (Wildman–Crippen LogP) is 4.16. The summed E-state index contributed by atoms with van der Waals surface area (Å²) >= 11 is 0. The third-order valence-corrected chi connectivity index (χ3v) is 6.64. The number of sulfonamides is 1. The molecule has 7 heteroatoms. The number of anilines is 1. The van der Waals surface area contributed by atoms with Crippen LogP contribution in [0.4, 0.5) is 10.1 Å². The number of amides is 1. The zero-order valence-electron chi connectivity index (χ0n) is 17.2. The molecule has 3 rings (SSSR count). The number of hydrogen-bond acceptors (Lipinski definition) is 3. The number of carbonyl (C=O) groups is 1. The van der Waals surface area contributed by atoms with Gasteiger partial charge < -0.3 is 5.32 Å². The molecular weight excluding hydrogens is 415 g/mol. The highest BCUT2D eigenvalue weighted by atomic mass is 32.2. The van der Waals surface area contributed by atoms with Crippen molar-refractivity contribution in [2.24, 2.45) is 0 Å². The SMILES string of the molecule is CC(CCc1ccccc1)NC(=O)CN(c1ccccc1)S(=O)(=O)c1ccc(F)cc1. The number of hydrogen-bond donors (Lipinski definition) is 1. The van der Waals surface area contributed by atoms with Crippen molar-refractivity contribution < 1.29 is 17.6 Å². The van der Waals surface area contributed by atoms with Crippen LogP contribution < -0.4 is 9.62 Å². The summed E-state index contributed by atoms with van der Waals surface area (Å²) < 4.78 is 40.7. The maximum atomic E-state index is 13.3. The molecule has 0 aliphatic carbocycles. The lowest BCUT2D eigenvalue weighted by Crippen LogP contribution is -2.43. The number of aryl methyl sites for hydroxylation is 1. The first-order chi connectivity index (χ1) is 14.9. The van der Waals surface area contributed by atoms with Gasteiger partial charge in [-0.3, -0.25) is 9.10 Å². The van der Waals surface area contributed by atoms with Crippen molar-refractivity contribution in [1.29, 1.82) is 0 Å². The molecule has 5 nitrogen and oxygen atoms in total. The molecule has 0 radical (unpaired) electrons. The standard InChI is InChI=1S/C24H25FN2O3S/c1-19(12-13-20-8-4-2-5-9-20)26-24(28)18-27(22-10-6-3-7-11-22)31(29,30)23-16-14-21(25)15-17-23/h2-11,14-17,19H,12-13,18H2,1H3,(H,26,28). The summed E-state index contributed by atoms with van der Waals surface area (Å²) in [5.41, 5.74) is 1.53. The topological polar surface area (TPSA) is 66.5 Å². The van der Waals surface area contributed by atoms with Crippen LogP contribution in [0, 0.1) is 5.82 Å². The molecular formula is C24H25FN2O3S. The molecule has 0 aromatic heterocycles. The van der Waals surface area contributed by atoms with E-state index in [9.17, 15) is 17.6 Å². The molecule has 0 heterocycles. The molecule has 0 bridgehead atoms. The lowest BCUT2D eigenvalue weighted by atomic mass is 10.1. The van der Waals surface area contributed by atoms with Crippen LogP contribution in [0.3, 0.4) is 0 Å². The van der Waals surface area contributed by atoms with Crippen LogP contribution in [-0.4, -0.2) is 26.9 Å². The maximum absolute atomic E-state index is 13.3. The van der Waals surface area contributed by atoms with Gasteiger partial charge in [0.25, 0.3) is 10.0 Å². The van der Waals surface area contributed by atoms with Crippen molar-refractivity contribution in [1.82, 2.24) is 5.32 Å². The van der Waals surface area contributed by atoms with Crippen molar-refractivity contribution in [3.63, 3.8) is 0 Å². The number of nitrogens with zero attached hydrogens (tertiary/aromatic N) is 1. The molecule has 0 aliphatic heterocycles. The number of carbonyl (C=O) groups excluding carboxylic acids is 1. The highest BCUT2D eigenvalue weighted by Gasteiger charge is 2.27. The van der Waals surface area contributed by atoms with Crippen LogP contribution >= 0.6 is 0 Å². The van der Waals surface area contributed by atoms with E-state index >= 15 is 0 Å². The minimum atomic E-state index is -4.05. The Hall–Kier alpha value is -3.19. The van der Waals surface area contributed by atoms with Gasteiger partial charge in [0.2, 0.25) is 5.91 Å². The Bertz CT molecular complexity index is 1090. The van der Waals surface area contributed by atoms with E-state index in [1.54, 1.807) is 30.3 Å². The summed E-state index contributed by atoms with van der Waals surface area (Å²) in [5.74, 6) is -0.940. The van der Waals surface area contributed by atoms with E-state index in [1.165, 1.54) is 17.7 Å². The first kappa shape index (κ1) is 22.5. The minimum absolute atomic E-state index is 0.0809. The van der Waals surface area contributed by atoms with Crippen LogP contribution in [0.5, 0.6) is 0 Å². The van der Waals surface area contributed by atoms with Gasteiger partial charge in [-0.1, -0.05) is 48.5 Å². The Morgan fingerprint density at radius 2 is 1.52 bits per heavy atom. The molecule has 0 fully saturated rings. The molecule has 1 atom stereocenters. The summed E-state index contributed by atoms with van der Waals surface area (Å²) in [6, 6.07) is 22.8. The van der Waals surface area contributed by atoms with Gasteiger partial charge in [0.1, 0.15) is 12.4 Å². The average Bonchev–Trinajstić information content (AvgIpc) is 2.77. The van der Waals surface area contributed by atoms with Gasteiger partial charge in [-0.25, -0.2) is 12.8 Å². The number of nitrogens with one attached hydrogen (secondary N) is 1. The lowest BCUT2D eigenvalue weighted by molar-refractivity contribution is -0.120. The fourth-order valence-corrected chi connectivity index (χ4v) is 4.61.